The molecule has 1 nitrogen and oxygen atoms in total. The topological polar surface area (TPSA) is 12.9 Å². The number of nitrogens with zero attached hydrogens (tertiary/aromatic N) is 1. The molecule has 1 rings (SSSR count). The van der Waals surface area contributed by atoms with Gasteiger partial charge < -0.3 is 0 Å². The normalized spacial score (nSPS) is 10.7. The Balaban J connectivity index is 3.01. The van der Waals surface area contributed by atoms with E-state index in [-0.39, 0.29) is 0 Å². The second kappa shape index (κ2) is 5.89. The van der Waals surface area contributed by atoms with Gasteiger partial charge in [-0.1, -0.05) is 26.7 Å². The van der Waals surface area contributed by atoms with Crippen LogP contribution in [0.3, 0.4) is 0 Å². The van der Waals surface area contributed by atoms with Crippen molar-refractivity contribution < 1.29 is 0 Å². The van der Waals surface area contributed by atoms with Gasteiger partial charge >= 0.3 is 0 Å². The van der Waals surface area contributed by atoms with Crippen LogP contribution in [0.1, 0.15) is 55.5 Å². The monoisotopic (exact) mass is 205 g/mol. The third-order valence-corrected chi connectivity index (χ3v) is 3.01. The van der Waals surface area contributed by atoms with Crippen molar-refractivity contribution >= 4 is 0 Å². The Labute approximate surface area is 93.9 Å². The molecule has 1 heterocycles. The third kappa shape index (κ3) is 3.05. The Morgan fingerprint density at radius 2 is 1.73 bits per heavy atom. The van der Waals surface area contributed by atoms with Crippen LogP contribution in [0.25, 0.3) is 0 Å². The molecule has 0 aliphatic carbocycles. The summed E-state index contributed by atoms with van der Waals surface area (Å²) in [7, 11) is 0. The summed E-state index contributed by atoms with van der Waals surface area (Å²) in [5, 5.41) is 0. The molecule has 0 saturated carbocycles. The summed E-state index contributed by atoms with van der Waals surface area (Å²) in [4.78, 5) is 4.47. The maximum atomic E-state index is 4.47. The minimum atomic E-state index is 1.20. The van der Waals surface area contributed by atoms with E-state index in [1.807, 2.05) is 6.20 Å². The molecular formula is C14H23N. The maximum Gasteiger partial charge on any atom is 0.0407 e. The molecule has 0 radical (unpaired) electrons. The lowest BCUT2D eigenvalue weighted by Gasteiger charge is -2.13. The van der Waals surface area contributed by atoms with E-state index in [4.69, 9.17) is 0 Å². The lowest BCUT2D eigenvalue weighted by Crippen LogP contribution is -2.03. The quantitative estimate of drug-likeness (QED) is 0.708. The molecule has 1 aromatic rings. The van der Waals surface area contributed by atoms with Gasteiger partial charge in [-0.15, -0.1) is 0 Å². The van der Waals surface area contributed by atoms with Gasteiger partial charge in [-0.25, -0.2) is 0 Å². The van der Waals surface area contributed by atoms with Crippen molar-refractivity contribution in [3.63, 3.8) is 0 Å². The predicted octanol–water partition coefficient (Wildman–Crippen LogP) is 3.99. The number of hydrogen-bond acceptors (Lipinski definition) is 1. The molecule has 15 heavy (non-hydrogen) atoms. The van der Waals surface area contributed by atoms with Crippen molar-refractivity contribution in [2.75, 3.05) is 0 Å². The summed E-state index contributed by atoms with van der Waals surface area (Å²) in [6.45, 7) is 8.83. The molecule has 1 heteroatoms. The van der Waals surface area contributed by atoms with Gasteiger partial charge in [-0.2, -0.15) is 0 Å². The van der Waals surface area contributed by atoms with Crippen molar-refractivity contribution in [2.45, 2.75) is 59.8 Å². The molecule has 0 saturated heterocycles. The van der Waals surface area contributed by atoms with Crippen LogP contribution in [0.2, 0.25) is 0 Å². The zero-order valence-corrected chi connectivity index (χ0v) is 10.6. The summed E-state index contributed by atoms with van der Waals surface area (Å²) in [6.07, 6.45) is 8.20. The highest BCUT2D eigenvalue weighted by atomic mass is 14.7. The van der Waals surface area contributed by atoms with Crippen LogP contribution < -0.4 is 0 Å². The molecular weight excluding hydrogens is 182 g/mol. The van der Waals surface area contributed by atoms with Crippen LogP contribution in [-0.2, 0) is 12.8 Å². The van der Waals surface area contributed by atoms with Gasteiger partial charge in [0.05, 0.1) is 0 Å². The van der Waals surface area contributed by atoms with Crippen LogP contribution in [-0.4, -0.2) is 4.98 Å². The first-order valence-electron chi connectivity index (χ1n) is 6.14. The Morgan fingerprint density at radius 3 is 2.33 bits per heavy atom. The predicted molar refractivity (Wildman–Crippen MR) is 66.3 cm³/mol. The summed E-state index contributed by atoms with van der Waals surface area (Å²) < 4.78 is 0. The number of hydrogen-bond donors (Lipinski definition) is 0. The minimum absolute atomic E-state index is 1.20. The van der Waals surface area contributed by atoms with Crippen LogP contribution in [0, 0.1) is 13.8 Å². The fourth-order valence-electron chi connectivity index (χ4n) is 2.09. The zero-order valence-electron chi connectivity index (χ0n) is 10.6. The summed E-state index contributed by atoms with van der Waals surface area (Å²) >= 11 is 0. The molecule has 1 aromatic heterocycles. The smallest absolute Gasteiger partial charge is 0.0407 e. The SMILES string of the molecule is CCCCc1c(C)ncc(C)c1CCC. The molecule has 84 valence electrons. The van der Waals surface area contributed by atoms with Crippen molar-refractivity contribution in [3.05, 3.63) is 28.6 Å². The van der Waals surface area contributed by atoms with E-state index in [2.05, 4.69) is 32.7 Å². The third-order valence-electron chi connectivity index (χ3n) is 3.01. The highest BCUT2D eigenvalue weighted by molar-refractivity contribution is 5.35. The first-order valence-corrected chi connectivity index (χ1v) is 6.14. The lowest BCUT2D eigenvalue weighted by molar-refractivity contribution is 0.766. The molecule has 0 bridgehead atoms. The number of rotatable bonds is 5. The molecule has 0 unspecified atom stereocenters. The summed E-state index contributed by atoms with van der Waals surface area (Å²) in [6, 6.07) is 0. The van der Waals surface area contributed by atoms with E-state index in [9.17, 15) is 0 Å². The van der Waals surface area contributed by atoms with Crippen molar-refractivity contribution in [3.8, 4) is 0 Å². The van der Waals surface area contributed by atoms with Gasteiger partial charge in [0.15, 0.2) is 0 Å². The Hall–Kier alpha value is -0.850. The molecule has 0 atom stereocenters. The van der Waals surface area contributed by atoms with E-state index in [0.29, 0.717) is 0 Å². The number of unbranched alkanes of at least 4 members (excludes halogenated alkanes) is 1. The largest absolute Gasteiger partial charge is 0.261 e. The fourth-order valence-corrected chi connectivity index (χ4v) is 2.09. The number of aromatic nitrogens is 1. The zero-order chi connectivity index (χ0) is 11.3. The molecule has 0 aliphatic heterocycles. The second-order valence-corrected chi connectivity index (χ2v) is 4.34. The van der Waals surface area contributed by atoms with E-state index in [1.54, 1.807) is 5.56 Å². The average Bonchev–Trinajstić information content (AvgIpc) is 2.23. The van der Waals surface area contributed by atoms with E-state index in [1.165, 1.54) is 48.9 Å². The molecule has 0 N–H and O–H groups in total. The van der Waals surface area contributed by atoms with Gasteiger partial charge in [-0.3, -0.25) is 4.98 Å². The molecule has 0 amide bonds. The van der Waals surface area contributed by atoms with Crippen LogP contribution >= 0.6 is 0 Å². The van der Waals surface area contributed by atoms with Crippen LogP contribution in [0.5, 0.6) is 0 Å². The van der Waals surface area contributed by atoms with Crippen molar-refractivity contribution in [1.82, 2.24) is 4.98 Å². The van der Waals surface area contributed by atoms with Crippen molar-refractivity contribution in [2.24, 2.45) is 0 Å². The second-order valence-electron chi connectivity index (χ2n) is 4.34. The summed E-state index contributed by atoms with van der Waals surface area (Å²) in [5.41, 5.74) is 5.67. The molecule has 0 fully saturated rings. The Bertz CT molecular complexity index is 315. The standard InChI is InChI=1S/C14H23N/c1-5-7-9-14-12(4)15-10-11(3)13(14)8-6-2/h10H,5-9H2,1-4H3. The average molecular weight is 205 g/mol. The van der Waals surface area contributed by atoms with Gasteiger partial charge in [0, 0.05) is 11.9 Å². The fraction of sp³-hybridized carbons (Fsp3) is 0.643. The summed E-state index contributed by atoms with van der Waals surface area (Å²) in [5.74, 6) is 0. The highest BCUT2D eigenvalue weighted by Crippen LogP contribution is 2.20. The van der Waals surface area contributed by atoms with Crippen LogP contribution in [0.15, 0.2) is 6.20 Å². The minimum Gasteiger partial charge on any atom is -0.261 e. The van der Waals surface area contributed by atoms with Crippen LogP contribution in [0.4, 0.5) is 0 Å². The number of pyridine rings is 1. The van der Waals surface area contributed by atoms with Crippen molar-refractivity contribution in [1.29, 1.82) is 0 Å². The van der Waals surface area contributed by atoms with Gasteiger partial charge in [0.25, 0.3) is 0 Å². The lowest BCUT2D eigenvalue weighted by atomic mass is 9.95. The van der Waals surface area contributed by atoms with E-state index in [0.717, 1.165) is 0 Å². The molecule has 0 aromatic carbocycles. The first kappa shape index (κ1) is 12.2. The molecule has 0 aliphatic rings. The van der Waals surface area contributed by atoms with Gasteiger partial charge in [0.2, 0.25) is 0 Å². The van der Waals surface area contributed by atoms with Gasteiger partial charge in [0.1, 0.15) is 0 Å². The maximum absolute atomic E-state index is 4.47. The van der Waals surface area contributed by atoms with E-state index < -0.39 is 0 Å². The van der Waals surface area contributed by atoms with E-state index >= 15 is 0 Å². The first-order chi connectivity index (χ1) is 7.20. The highest BCUT2D eigenvalue weighted by Gasteiger charge is 2.08. The van der Waals surface area contributed by atoms with Gasteiger partial charge in [-0.05, 0) is 49.8 Å². The number of aryl methyl sites for hydroxylation is 2. The Kier molecular flexibility index (Phi) is 4.80. The Morgan fingerprint density at radius 1 is 1.00 bits per heavy atom. The molecule has 0 spiro atoms.